The molecule has 58 valence electrons. The van der Waals surface area contributed by atoms with E-state index in [-0.39, 0.29) is 0 Å². The third kappa shape index (κ3) is 4100. The van der Waals surface area contributed by atoms with Gasteiger partial charge in [0.2, 0.25) is 0 Å². The number of hydrogen-bond acceptors (Lipinski definition) is 5. The van der Waals surface area contributed by atoms with Gasteiger partial charge in [-0.2, -0.15) is 8.42 Å². The van der Waals surface area contributed by atoms with Crippen LogP contribution in [0, 0.1) is 0 Å². The average molecular weight is 162 g/mol. The minimum Gasteiger partial charge on any atom is -0.346 e. The highest BCUT2D eigenvalue weighted by atomic mass is 32.3. The van der Waals surface area contributed by atoms with Crippen LogP contribution in [-0.2, 0) is 10.4 Å². The summed E-state index contributed by atoms with van der Waals surface area (Å²) in [5, 5.41) is 21.5. The lowest BCUT2D eigenvalue weighted by Gasteiger charge is -1.80. The van der Waals surface area contributed by atoms with Crippen molar-refractivity contribution in [1.29, 1.82) is 0 Å². The van der Waals surface area contributed by atoms with E-state index < -0.39 is 16.9 Å². The zero-order valence-corrected chi connectivity index (χ0v) is 4.85. The van der Waals surface area contributed by atoms with Crippen molar-refractivity contribution in [3.05, 3.63) is 0 Å². The van der Waals surface area contributed by atoms with E-state index in [4.69, 9.17) is 32.8 Å². The Bertz CT molecular complexity index is 120. The summed E-state index contributed by atoms with van der Waals surface area (Å²) in [6.45, 7) is -2.17. The van der Waals surface area contributed by atoms with Crippen molar-refractivity contribution >= 4 is 10.4 Å². The summed E-state index contributed by atoms with van der Waals surface area (Å²) in [6, 6.07) is 0. The molecule has 0 aromatic rings. The van der Waals surface area contributed by atoms with Gasteiger partial charge in [0.25, 0.3) is 6.48 Å². The minimum absolute atomic E-state index is 2.17. The first-order valence-corrected chi connectivity index (χ1v) is 2.87. The Balaban J connectivity index is 0. The lowest BCUT2D eigenvalue weighted by atomic mass is 11.4. The molecule has 0 fully saturated rings. The topological polar surface area (TPSA) is 135 Å². The number of aliphatic hydroxyl groups excluding tert-OH is 1. The lowest BCUT2D eigenvalue weighted by molar-refractivity contribution is -0.198. The normalized spacial score (nSPS) is 10.4. The Morgan fingerprint density at radius 2 is 1.00 bits per heavy atom. The van der Waals surface area contributed by atoms with Crippen molar-refractivity contribution in [3.63, 3.8) is 0 Å². The van der Waals surface area contributed by atoms with Crippen LogP contribution in [0.5, 0.6) is 0 Å². The molecule has 0 atom stereocenters. The van der Waals surface area contributed by atoms with Crippen molar-refractivity contribution in [2.75, 3.05) is 0 Å². The summed E-state index contributed by atoms with van der Waals surface area (Å²) >= 11 is 0. The summed E-state index contributed by atoms with van der Waals surface area (Å²) < 4.78 is 31.6. The van der Waals surface area contributed by atoms with Crippen molar-refractivity contribution in [2.24, 2.45) is 0 Å². The van der Waals surface area contributed by atoms with Crippen molar-refractivity contribution in [1.82, 2.24) is 0 Å². The van der Waals surface area contributed by atoms with Crippen LogP contribution in [0.2, 0.25) is 0 Å². The van der Waals surface area contributed by atoms with E-state index in [1.54, 1.807) is 0 Å². The molecule has 7 nitrogen and oxygen atoms in total. The monoisotopic (exact) mass is 162 g/mol. The summed E-state index contributed by atoms with van der Waals surface area (Å²) in [4.78, 5) is 0. The van der Waals surface area contributed by atoms with Crippen LogP contribution in [0.4, 0.5) is 0 Å². The SMILES string of the molecule is O=S(=O)(O)O.OC(O)O. The van der Waals surface area contributed by atoms with Crippen LogP contribution in [0.25, 0.3) is 0 Å². The standard InChI is InChI=1S/CH4O3.H2O4S/c2-1(3)4;1-5(2,3)4/h1-4H;(H2,1,2,3,4). The molecule has 0 aliphatic heterocycles. The quantitative estimate of drug-likeness (QED) is 0.198. The first-order valence-electron chi connectivity index (χ1n) is 1.47. The fourth-order valence-electron chi connectivity index (χ4n) is 0. The van der Waals surface area contributed by atoms with Crippen molar-refractivity contribution in [2.45, 2.75) is 6.48 Å². The molecule has 0 saturated carbocycles. The van der Waals surface area contributed by atoms with E-state index in [1.165, 1.54) is 0 Å². The highest BCUT2D eigenvalue weighted by Gasteiger charge is 1.84. The Morgan fingerprint density at radius 1 is 1.00 bits per heavy atom. The Morgan fingerprint density at radius 3 is 1.00 bits per heavy atom. The average Bonchev–Trinajstić information content (AvgIpc) is 1.19. The summed E-state index contributed by atoms with van der Waals surface area (Å²) in [6.07, 6.45) is 0. The number of rotatable bonds is 0. The van der Waals surface area contributed by atoms with E-state index in [9.17, 15) is 0 Å². The Hall–Kier alpha value is -0.250. The van der Waals surface area contributed by atoms with Crippen LogP contribution in [0.3, 0.4) is 0 Å². The van der Waals surface area contributed by atoms with Crippen molar-refractivity contribution in [3.8, 4) is 0 Å². The molecule has 5 N–H and O–H groups in total. The Labute approximate surface area is 50.8 Å². The molecule has 9 heavy (non-hydrogen) atoms. The molecule has 0 radical (unpaired) electrons. The molecule has 0 aromatic carbocycles. The van der Waals surface area contributed by atoms with Gasteiger partial charge in [0.15, 0.2) is 0 Å². The highest BCUT2D eigenvalue weighted by Crippen LogP contribution is 1.59. The van der Waals surface area contributed by atoms with Crippen molar-refractivity contribution < 1.29 is 32.8 Å². The van der Waals surface area contributed by atoms with E-state index in [0.717, 1.165) is 0 Å². The highest BCUT2D eigenvalue weighted by molar-refractivity contribution is 7.79. The molecule has 0 aromatic heterocycles. The van der Waals surface area contributed by atoms with Crippen LogP contribution in [0.1, 0.15) is 0 Å². The third-order valence-corrected chi connectivity index (χ3v) is 0. The van der Waals surface area contributed by atoms with Gasteiger partial charge in [0.1, 0.15) is 0 Å². The molecule has 0 spiro atoms. The summed E-state index contributed by atoms with van der Waals surface area (Å²) in [5.74, 6) is 0. The molecule has 0 amide bonds. The number of hydrogen-bond donors (Lipinski definition) is 5. The van der Waals surface area contributed by atoms with Gasteiger partial charge in [-0.25, -0.2) is 0 Å². The van der Waals surface area contributed by atoms with Crippen LogP contribution >= 0.6 is 0 Å². The molecule has 0 rings (SSSR count). The van der Waals surface area contributed by atoms with E-state index in [2.05, 4.69) is 0 Å². The zero-order valence-electron chi connectivity index (χ0n) is 4.04. The van der Waals surface area contributed by atoms with Gasteiger partial charge < -0.3 is 15.3 Å². The summed E-state index contributed by atoms with van der Waals surface area (Å²) in [7, 11) is -4.67. The first-order chi connectivity index (χ1) is 3.73. The van der Waals surface area contributed by atoms with Gasteiger partial charge in [0, 0.05) is 0 Å². The van der Waals surface area contributed by atoms with Gasteiger partial charge in [-0.3, -0.25) is 9.11 Å². The van der Waals surface area contributed by atoms with Crippen LogP contribution < -0.4 is 0 Å². The maximum Gasteiger partial charge on any atom is 0.394 e. The van der Waals surface area contributed by atoms with Gasteiger partial charge in [0.05, 0.1) is 0 Å². The first kappa shape index (κ1) is 11.5. The molecule has 0 unspecified atom stereocenters. The van der Waals surface area contributed by atoms with Gasteiger partial charge in [-0.1, -0.05) is 0 Å². The van der Waals surface area contributed by atoms with Gasteiger partial charge in [-0.05, 0) is 0 Å². The largest absolute Gasteiger partial charge is 0.394 e. The fourth-order valence-corrected chi connectivity index (χ4v) is 0. The predicted molar refractivity (Wildman–Crippen MR) is 24.6 cm³/mol. The molecule has 0 aliphatic rings. The van der Waals surface area contributed by atoms with Crippen LogP contribution in [-0.4, -0.2) is 39.3 Å². The maximum atomic E-state index is 8.74. The van der Waals surface area contributed by atoms with E-state index in [0.29, 0.717) is 0 Å². The molecular weight excluding hydrogens is 156 g/mol. The molecule has 8 heteroatoms. The second-order valence-corrected chi connectivity index (χ2v) is 1.69. The number of aliphatic hydroxyl groups is 3. The lowest BCUT2D eigenvalue weighted by Crippen LogP contribution is -1.98. The molecule has 0 aliphatic carbocycles. The van der Waals surface area contributed by atoms with E-state index in [1.807, 2.05) is 0 Å². The summed E-state index contributed by atoms with van der Waals surface area (Å²) in [5.41, 5.74) is 0. The third-order valence-electron chi connectivity index (χ3n) is 0. The minimum atomic E-state index is -4.67. The van der Waals surface area contributed by atoms with Gasteiger partial charge in [-0.15, -0.1) is 0 Å². The van der Waals surface area contributed by atoms with Gasteiger partial charge >= 0.3 is 10.4 Å². The molecule has 0 heterocycles. The molecular formula is CH6O7S. The Kier molecular flexibility index (Phi) is 5.91. The van der Waals surface area contributed by atoms with Crippen LogP contribution in [0.15, 0.2) is 0 Å². The molecule has 0 bridgehead atoms. The fraction of sp³-hybridized carbons (Fsp3) is 1.00. The maximum absolute atomic E-state index is 8.74. The molecule has 0 saturated heterocycles. The second kappa shape index (κ2) is 4.61. The zero-order chi connectivity index (χ0) is 8.08. The smallest absolute Gasteiger partial charge is 0.346 e. The predicted octanol–water partition coefficient (Wildman–Crippen LogP) is -2.41. The van der Waals surface area contributed by atoms with E-state index >= 15 is 0 Å². The second-order valence-electron chi connectivity index (χ2n) is 0.794.